The molecule has 2 aliphatic rings. The van der Waals surface area contributed by atoms with Crippen molar-refractivity contribution in [2.45, 2.75) is 51.5 Å². The summed E-state index contributed by atoms with van der Waals surface area (Å²) in [5, 5.41) is 9.34. The molecule has 4 nitrogen and oxygen atoms in total. The predicted molar refractivity (Wildman–Crippen MR) is 74.0 cm³/mol. The van der Waals surface area contributed by atoms with E-state index in [1.807, 2.05) is 0 Å². The second kappa shape index (κ2) is 6.38. The van der Waals surface area contributed by atoms with E-state index >= 15 is 0 Å². The molecule has 4 atom stereocenters. The molecule has 1 aliphatic heterocycles. The molecule has 0 radical (unpaired) electrons. The van der Waals surface area contributed by atoms with Gasteiger partial charge in [0.1, 0.15) is 0 Å². The van der Waals surface area contributed by atoms with Crippen LogP contribution in [0.15, 0.2) is 0 Å². The van der Waals surface area contributed by atoms with Gasteiger partial charge in [0.2, 0.25) is 5.91 Å². The topological polar surface area (TPSA) is 70.1 Å². The lowest BCUT2D eigenvalue weighted by atomic mass is 9.76. The van der Waals surface area contributed by atoms with Crippen molar-refractivity contribution in [3.63, 3.8) is 0 Å². The first-order chi connectivity index (χ1) is 9.15. The highest BCUT2D eigenvalue weighted by atomic mass is 16.1. The molecule has 2 rings (SSSR count). The molecule has 4 unspecified atom stereocenters. The first-order valence-corrected chi connectivity index (χ1v) is 7.58. The summed E-state index contributed by atoms with van der Waals surface area (Å²) in [6.45, 7) is 3.91. The molecule has 2 N–H and O–H groups in total. The Labute approximate surface area is 115 Å². The summed E-state index contributed by atoms with van der Waals surface area (Å²) < 4.78 is 0. The number of carbonyl (C=O) groups excluding carboxylic acids is 1. The number of primary amides is 1. The highest BCUT2D eigenvalue weighted by Crippen LogP contribution is 2.36. The Hall–Kier alpha value is -1.08. The highest BCUT2D eigenvalue weighted by Gasteiger charge is 2.38. The van der Waals surface area contributed by atoms with Crippen LogP contribution in [0.3, 0.4) is 0 Å². The Bertz CT molecular complexity index is 363. The Morgan fingerprint density at radius 1 is 1.42 bits per heavy atom. The van der Waals surface area contributed by atoms with E-state index in [1.165, 1.54) is 19.3 Å². The average molecular weight is 263 g/mol. The summed E-state index contributed by atoms with van der Waals surface area (Å²) in [5.41, 5.74) is 5.40. The molecule has 2 fully saturated rings. The number of likely N-dealkylation sites (tertiary alicyclic amines) is 1. The normalized spacial score (nSPS) is 36.0. The van der Waals surface area contributed by atoms with Gasteiger partial charge < -0.3 is 5.73 Å². The third kappa shape index (κ3) is 3.27. The van der Waals surface area contributed by atoms with Crippen molar-refractivity contribution in [3.05, 3.63) is 0 Å². The van der Waals surface area contributed by atoms with Gasteiger partial charge in [-0.2, -0.15) is 5.26 Å². The van der Waals surface area contributed by atoms with Crippen LogP contribution in [-0.4, -0.2) is 29.9 Å². The summed E-state index contributed by atoms with van der Waals surface area (Å²) in [6.07, 6.45) is 6.68. The molecule has 1 aliphatic carbocycles. The molecule has 0 bridgehead atoms. The fourth-order valence-electron chi connectivity index (χ4n) is 3.78. The number of hydrogen-bond donors (Lipinski definition) is 1. The van der Waals surface area contributed by atoms with Crippen molar-refractivity contribution in [2.75, 3.05) is 13.1 Å². The van der Waals surface area contributed by atoms with Gasteiger partial charge >= 0.3 is 0 Å². The maximum Gasteiger partial charge on any atom is 0.221 e. The molecule has 0 spiro atoms. The lowest BCUT2D eigenvalue weighted by molar-refractivity contribution is -0.121. The Kier molecular flexibility index (Phi) is 4.81. The zero-order chi connectivity index (χ0) is 13.8. The number of rotatable bonds is 4. The van der Waals surface area contributed by atoms with Crippen LogP contribution < -0.4 is 5.73 Å². The molecular formula is C15H25N3O. The summed E-state index contributed by atoms with van der Waals surface area (Å²) in [4.78, 5) is 13.6. The van der Waals surface area contributed by atoms with Crippen LogP contribution in [0.5, 0.6) is 0 Å². The number of carbonyl (C=O) groups is 1. The SMILES string of the molecule is CCCC1CCC(C#N)C(N2CCC(C(N)=O)C2)C1. The first kappa shape index (κ1) is 14.3. The number of nitriles is 1. The van der Waals surface area contributed by atoms with Crippen LogP contribution >= 0.6 is 0 Å². The molecular weight excluding hydrogens is 238 g/mol. The zero-order valence-electron chi connectivity index (χ0n) is 11.8. The van der Waals surface area contributed by atoms with Crippen molar-refractivity contribution < 1.29 is 4.79 Å². The minimum Gasteiger partial charge on any atom is -0.369 e. The monoisotopic (exact) mass is 263 g/mol. The van der Waals surface area contributed by atoms with Gasteiger partial charge in [0.15, 0.2) is 0 Å². The second-order valence-corrected chi connectivity index (χ2v) is 6.15. The van der Waals surface area contributed by atoms with E-state index in [1.54, 1.807) is 0 Å². The average Bonchev–Trinajstić information content (AvgIpc) is 2.88. The van der Waals surface area contributed by atoms with Gasteiger partial charge in [-0.3, -0.25) is 9.69 Å². The van der Waals surface area contributed by atoms with Crippen molar-refractivity contribution in [3.8, 4) is 6.07 Å². The first-order valence-electron chi connectivity index (χ1n) is 7.58. The molecule has 1 amide bonds. The fourth-order valence-corrected chi connectivity index (χ4v) is 3.78. The molecule has 1 heterocycles. The summed E-state index contributed by atoms with van der Waals surface area (Å²) in [7, 11) is 0. The molecule has 0 aromatic heterocycles. The van der Waals surface area contributed by atoms with Crippen LogP contribution in [-0.2, 0) is 4.79 Å². The van der Waals surface area contributed by atoms with E-state index in [-0.39, 0.29) is 17.7 Å². The number of hydrogen-bond acceptors (Lipinski definition) is 3. The molecule has 4 heteroatoms. The van der Waals surface area contributed by atoms with Crippen molar-refractivity contribution in [1.29, 1.82) is 5.26 Å². The van der Waals surface area contributed by atoms with E-state index in [4.69, 9.17) is 5.73 Å². The second-order valence-electron chi connectivity index (χ2n) is 6.15. The Balaban J connectivity index is 1.99. The van der Waals surface area contributed by atoms with Crippen LogP contribution in [0.25, 0.3) is 0 Å². The van der Waals surface area contributed by atoms with E-state index in [9.17, 15) is 10.1 Å². The van der Waals surface area contributed by atoms with E-state index in [0.717, 1.165) is 38.3 Å². The van der Waals surface area contributed by atoms with Crippen LogP contribution in [0.1, 0.15) is 45.4 Å². The van der Waals surface area contributed by atoms with Crippen LogP contribution in [0.2, 0.25) is 0 Å². The lowest BCUT2D eigenvalue weighted by Crippen LogP contribution is -2.43. The highest BCUT2D eigenvalue weighted by molar-refractivity contribution is 5.77. The largest absolute Gasteiger partial charge is 0.369 e. The lowest BCUT2D eigenvalue weighted by Gasteiger charge is -2.38. The summed E-state index contributed by atoms with van der Waals surface area (Å²) in [6, 6.07) is 2.83. The van der Waals surface area contributed by atoms with Gasteiger partial charge in [-0.25, -0.2) is 0 Å². The molecule has 106 valence electrons. The van der Waals surface area contributed by atoms with Crippen LogP contribution in [0.4, 0.5) is 0 Å². The minimum atomic E-state index is -0.183. The Morgan fingerprint density at radius 3 is 2.79 bits per heavy atom. The van der Waals surface area contributed by atoms with E-state index in [2.05, 4.69) is 17.9 Å². The Morgan fingerprint density at radius 2 is 2.21 bits per heavy atom. The standard InChI is InChI=1S/C15H25N3O/c1-2-3-11-4-5-12(9-16)14(8-11)18-7-6-13(10-18)15(17)19/h11-14H,2-8,10H2,1H3,(H2,17,19). The van der Waals surface area contributed by atoms with Gasteiger partial charge in [0, 0.05) is 12.6 Å². The minimum absolute atomic E-state index is 0.00843. The molecule has 1 saturated heterocycles. The fraction of sp³-hybridized carbons (Fsp3) is 0.867. The number of amides is 1. The third-order valence-electron chi connectivity index (χ3n) is 4.88. The quantitative estimate of drug-likeness (QED) is 0.842. The maximum absolute atomic E-state index is 11.3. The van der Waals surface area contributed by atoms with Crippen LogP contribution in [0, 0.1) is 29.1 Å². The smallest absolute Gasteiger partial charge is 0.221 e. The summed E-state index contributed by atoms with van der Waals surface area (Å²) in [5.74, 6) is 0.704. The number of nitrogens with zero attached hydrogens (tertiary/aromatic N) is 2. The molecule has 19 heavy (non-hydrogen) atoms. The van der Waals surface area contributed by atoms with Gasteiger partial charge in [-0.15, -0.1) is 0 Å². The van der Waals surface area contributed by atoms with Gasteiger partial charge in [0.25, 0.3) is 0 Å². The van der Waals surface area contributed by atoms with Crippen molar-refractivity contribution in [2.24, 2.45) is 23.5 Å². The molecule has 0 aromatic carbocycles. The van der Waals surface area contributed by atoms with E-state index in [0.29, 0.717) is 6.04 Å². The molecule has 0 aromatic rings. The summed E-state index contributed by atoms with van der Waals surface area (Å²) >= 11 is 0. The van der Waals surface area contributed by atoms with Gasteiger partial charge in [-0.05, 0) is 38.1 Å². The van der Waals surface area contributed by atoms with Crippen molar-refractivity contribution >= 4 is 5.91 Å². The predicted octanol–water partition coefficient (Wildman–Crippen LogP) is 1.90. The number of nitrogens with two attached hydrogens (primary N) is 1. The zero-order valence-corrected chi connectivity index (χ0v) is 11.8. The van der Waals surface area contributed by atoms with Gasteiger partial charge in [0.05, 0.1) is 17.9 Å². The van der Waals surface area contributed by atoms with Crippen molar-refractivity contribution in [1.82, 2.24) is 4.90 Å². The van der Waals surface area contributed by atoms with E-state index < -0.39 is 0 Å². The molecule has 1 saturated carbocycles. The van der Waals surface area contributed by atoms with Gasteiger partial charge in [-0.1, -0.05) is 19.8 Å². The maximum atomic E-state index is 11.3. The third-order valence-corrected chi connectivity index (χ3v) is 4.88.